The summed E-state index contributed by atoms with van der Waals surface area (Å²) < 4.78 is 0. The van der Waals surface area contributed by atoms with E-state index in [4.69, 9.17) is 0 Å². The Kier molecular flexibility index (Phi) is 2.36. The van der Waals surface area contributed by atoms with Gasteiger partial charge in [-0.3, -0.25) is 0 Å². The topological polar surface area (TPSA) is 19.0 Å². The second kappa shape index (κ2) is 3.33. The van der Waals surface area contributed by atoms with E-state index in [1.54, 1.807) is 5.56 Å². The van der Waals surface area contributed by atoms with Gasteiger partial charge in [-0.15, -0.1) is 0 Å². The molecule has 1 aliphatic carbocycles. The molecule has 82 valence electrons. The van der Waals surface area contributed by atoms with Crippen molar-refractivity contribution in [2.45, 2.75) is 38.4 Å². The summed E-state index contributed by atoms with van der Waals surface area (Å²) >= 11 is 0. The van der Waals surface area contributed by atoms with E-state index in [0.717, 1.165) is 0 Å². The van der Waals surface area contributed by atoms with Crippen LogP contribution < -0.4 is 4.90 Å². The first kappa shape index (κ1) is 10.7. The van der Waals surface area contributed by atoms with E-state index in [9.17, 15) is 0 Å². The minimum atomic E-state index is 0.326. The molecule has 1 aliphatic rings. The summed E-state index contributed by atoms with van der Waals surface area (Å²) in [6, 6.07) is 0. The number of aromatic nitrogens is 1. The summed E-state index contributed by atoms with van der Waals surface area (Å²) in [5.41, 5.74) is 4.48. The van der Waals surface area contributed by atoms with Crippen LogP contribution in [0.2, 0.25) is 0 Å². The number of hydrogen-bond acceptors (Lipinski definition) is 1. The Morgan fingerprint density at radius 1 is 1.40 bits per heavy atom. The first-order valence-corrected chi connectivity index (χ1v) is 5.83. The molecule has 0 amide bonds. The Bertz CT molecular complexity index is 377. The summed E-state index contributed by atoms with van der Waals surface area (Å²) in [5, 5.41) is 0.326. The third-order valence-electron chi connectivity index (χ3n) is 3.71. The molecule has 2 nitrogen and oxygen atoms in total. The van der Waals surface area contributed by atoms with Gasteiger partial charge in [0.05, 0.1) is 0 Å². The van der Waals surface area contributed by atoms with Crippen molar-refractivity contribution in [1.29, 1.82) is 0 Å². The Balaban J connectivity index is 2.55. The van der Waals surface area contributed by atoms with Crippen molar-refractivity contribution in [3.8, 4) is 0 Å². The molecule has 15 heavy (non-hydrogen) atoms. The normalized spacial score (nSPS) is 25.1. The average Bonchev–Trinajstić information content (AvgIpc) is 2.45. The van der Waals surface area contributed by atoms with Crippen LogP contribution in [0.15, 0.2) is 0 Å². The SMILES string of the molecule is BC1(C)CCCc2c1[nH]c(N(C)C)c2C. The lowest BCUT2D eigenvalue weighted by Gasteiger charge is -2.30. The molecule has 0 saturated carbocycles. The maximum absolute atomic E-state index is 3.62. The molecule has 0 bridgehead atoms. The maximum atomic E-state index is 3.62. The van der Waals surface area contributed by atoms with E-state index in [1.807, 2.05) is 0 Å². The van der Waals surface area contributed by atoms with Gasteiger partial charge in [0.25, 0.3) is 0 Å². The van der Waals surface area contributed by atoms with Crippen molar-refractivity contribution in [3.63, 3.8) is 0 Å². The predicted octanol–water partition coefficient (Wildman–Crippen LogP) is 1.57. The zero-order valence-electron chi connectivity index (χ0n) is 10.6. The lowest BCUT2D eigenvalue weighted by Crippen LogP contribution is -2.27. The van der Waals surface area contributed by atoms with Gasteiger partial charge in [-0.2, -0.15) is 0 Å². The smallest absolute Gasteiger partial charge is 0.116 e. The summed E-state index contributed by atoms with van der Waals surface area (Å²) in [6.45, 7) is 4.59. The molecule has 1 aromatic heterocycles. The second-order valence-electron chi connectivity index (χ2n) is 5.58. The van der Waals surface area contributed by atoms with Gasteiger partial charge in [0.1, 0.15) is 13.7 Å². The minimum Gasteiger partial charge on any atom is -0.364 e. The highest BCUT2D eigenvalue weighted by atomic mass is 15.1. The lowest BCUT2D eigenvalue weighted by atomic mass is 9.61. The van der Waals surface area contributed by atoms with Crippen LogP contribution in [-0.2, 0) is 11.7 Å². The quantitative estimate of drug-likeness (QED) is 0.688. The molecule has 1 heterocycles. The molecule has 0 radical (unpaired) electrons. The molecule has 1 N–H and O–H groups in total. The van der Waals surface area contributed by atoms with Crippen LogP contribution >= 0.6 is 0 Å². The van der Waals surface area contributed by atoms with Gasteiger partial charge in [0.2, 0.25) is 0 Å². The largest absolute Gasteiger partial charge is 0.364 e. The van der Waals surface area contributed by atoms with Crippen molar-refractivity contribution < 1.29 is 0 Å². The number of rotatable bonds is 1. The summed E-state index contributed by atoms with van der Waals surface area (Å²) in [6.07, 6.45) is 3.87. The van der Waals surface area contributed by atoms with Crippen molar-refractivity contribution in [1.82, 2.24) is 4.98 Å². The van der Waals surface area contributed by atoms with Gasteiger partial charge in [0.15, 0.2) is 0 Å². The molecule has 1 atom stereocenters. The van der Waals surface area contributed by atoms with Crippen LogP contribution in [-0.4, -0.2) is 26.9 Å². The highest BCUT2D eigenvalue weighted by Crippen LogP contribution is 2.38. The maximum Gasteiger partial charge on any atom is 0.116 e. The molecule has 3 heteroatoms. The number of hydrogen-bond donors (Lipinski definition) is 1. The van der Waals surface area contributed by atoms with Gasteiger partial charge in [-0.25, -0.2) is 0 Å². The molecule has 0 saturated heterocycles. The summed E-state index contributed by atoms with van der Waals surface area (Å²) in [4.78, 5) is 5.80. The number of H-pyrrole nitrogens is 1. The van der Waals surface area contributed by atoms with Crippen LogP contribution in [0, 0.1) is 6.92 Å². The zero-order chi connectivity index (χ0) is 11.2. The first-order chi connectivity index (χ1) is 6.93. The summed E-state index contributed by atoms with van der Waals surface area (Å²) in [7, 11) is 6.56. The fraction of sp³-hybridized carbons (Fsp3) is 0.667. The van der Waals surface area contributed by atoms with Crippen LogP contribution in [0.3, 0.4) is 0 Å². The monoisotopic (exact) mass is 204 g/mol. The molecule has 0 aromatic carbocycles. The second-order valence-corrected chi connectivity index (χ2v) is 5.58. The van der Waals surface area contributed by atoms with Gasteiger partial charge >= 0.3 is 0 Å². The van der Waals surface area contributed by atoms with Crippen molar-refractivity contribution in [2.24, 2.45) is 0 Å². The minimum absolute atomic E-state index is 0.326. The van der Waals surface area contributed by atoms with Gasteiger partial charge < -0.3 is 9.88 Å². The van der Waals surface area contributed by atoms with Crippen LogP contribution in [0.5, 0.6) is 0 Å². The molecule has 0 fully saturated rings. The lowest BCUT2D eigenvalue weighted by molar-refractivity contribution is 0.523. The summed E-state index contributed by atoms with van der Waals surface area (Å²) in [5.74, 6) is 1.29. The molecular weight excluding hydrogens is 183 g/mol. The van der Waals surface area contributed by atoms with Crippen molar-refractivity contribution in [2.75, 3.05) is 19.0 Å². The molecular formula is C12H21BN2. The van der Waals surface area contributed by atoms with Gasteiger partial charge in [-0.1, -0.05) is 6.92 Å². The van der Waals surface area contributed by atoms with E-state index in [2.05, 4.69) is 45.7 Å². The highest BCUT2D eigenvalue weighted by molar-refractivity contribution is 6.15. The molecule has 0 spiro atoms. The van der Waals surface area contributed by atoms with E-state index >= 15 is 0 Å². The van der Waals surface area contributed by atoms with E-state index in [0.29, 0.717) is 5.31 Å². The third-order valence-corrected chi connectivity index (χ3v) is 3.71. The van der Waals surface area contributed by atoms with E-state index in [-0.39, 0.29) is 0 Å². The number of anilines is 1. The fourth-order valence-electron chi connectivity index (χ4n) is 2.79. The van der Waals surface area contributed by atoms with Crippen LogP contribution in [0.1, 0.15) is 36.6 Å². The third kappa shape index (κ3) is 1.58. The van der Waals surface area contributed by atoms with E-state index in [1.165, 1.54) is 36.3 Å². The standard InChI is InChI=1S/C12H21BN2/c1-8-9-6-5-7-12(2,13)10(9)14-11(8)15(3)4/h14H,5-7,13H2,1-4H3. The first-order valence-electron chi connectivity index (χ1n) is 5.83. The number of nitrogens with one attached hydrogen (secondary N) is 1. The Morgan fingerprint density at radius 2 is 2.07 bits per heavy atom. The highest BCUT2D eigenvalue weighted by Gasteiger charge is 2.31. The van der Waals surface area contributed by atoms with Crippen LogP contribution in [0.4, 0.5) is 5.82 Å². The zero-order valence-corrected chi connectivity index (χ0v) is 10.6. The van der Waals surface area contributed by atoms with Crippen molar-refractivity contribution in [3.05, 3.63) is 16.8 Å². The van der Waals surface area contributed by atoms with Gasteiger partial charge in [-0.05, 0) is 42.6 Å². The Labute approximate surface area is 93.5 Å². The predicted molar refractivity (Wildman–Crippen MR) is 68.7 cm³/mol. The molecule has 1 aromatic rings. The number of nitrogens with zero attached hydrogens (tertiary/aromatic N) is 1. The molecule has 1 unspecified atom stereocenters. The van der Waals surface area contributed by atoms with E-state index < -0.39 is 0 Å². The number of fused-ring (bicyclic) bond motifs is 1. The average molecular weight is 204 g/mol. The number of aromatic amines is 1. The molecule has 2 rings (SSSR count). The Hall–Kier alpha value is -0.855. The fourth-order valence-corrected chi connectivity index (χ4v) is 2.79. The van der Waals surface area contributed by atoms with Crippen molar-refractivity contribution >= 4 is 13.7 Å². The Morgan fingerprint density at radius 3 is 2.60 bits per heavy atom. The van der Waals surface area contributed by atoms with Crippen LogP contribution in [0.25, 0.3) is 0 Å². The van der Waals surface area contributed by atoms with Gasteiger partial charge in [0, 0.05) is 19.8 Å². The molecule has 0 aliphatic heterocycles.